The Kier molecular flexibility index (Phi) is 5.48. The van der Waals surface area contributed by atoms with Gasteiger partial charge in [-0.15, -0.1) is 0 Å². The predicted molar refractivity (Wildman–Crippen MR) is 125 cm³/mol. The Morgan fingerprint density at radius 3 is 2.42 bits per heavy atom. The van der Waals surface area contributed by atoms with Gasteiger partial charge in [-0.25, -0.2) is 4.39 Å². The van der Waals surface area contributed by atoms with Gasteiger partial charge in [0, 0.05) is 28.4 Å². The first-order chi connectivity index (χ1) is 14.8. The summed E-state index contributed by atoms with van der Waals surface area (Å²) < 4.78 is 25.7. The van der Waals surface area contributed by atoms with Gasteiger partial charge in [-0.2, -0.15) is 0 Å². The molecule has 0 unspecified atom stereocenters. The largest absolute Gasteiger partial charge is 0.496 e. The molecule has 4 rings (SSSR count). The molecule has 1 aliphatic rings. The van der Waals surface area contributed by atoms with E-state index in [2.05, 4.69) is 44.3 Å². The van der Waals surface area contributed by atoms with Crippen molar-refractivity contribution in [1.29, 1.82) is 0 Å². The lowest BCUT2D eigenvalue weighted by Crippen LogP contribution is -2.32. The first-order valence-corrected chi connectivity index (χ1v) is 10.5. The van der Waals surface area contributed by atoms with Crippen LogP contribution in [0.15, 0.2) is 60.7 Å². The number of allylic oxidation sites excluding steroid dienone is 1. The molecule has 0 saturated carbocycles. The summed E-state index contributed by atoms with van der Waals surface area (Å²) in [6, 6.07) is 16.8. The minimum Gasteiger partial charge on any atom is -0.496 e. The van der Waals surface area contributed by atoms with Crippen molar-refractivity contribution in [2.75, 3.05) is 12.4 Å². The van der Waals surface area contributed by atoms with E-state index in [0.29, 0.717) is 12.4 Å². The van der Waals surface area contributed by atoms with E-state index < -0.39 is 0 Å². The number of benzene rings is 3. The first kappa shape index (κ1) is 21.0. The average molecular weight is 418 g/mol. The standard InChI is InChI=1S/C27H28FNO2/c1-17-8-6-7-9-24(17)31-16-22-20(21-11-10-19(28)14-25(21)30-5)12-13-23-26(22)18(2)15-27(3,4)29-23/h6-15,29H,16H2,1-5H3. The summed E-state index contributed by atoms with van der Waals surface area (Å²) in [6.45, 7) is 8.86. The van der Waals surface area contributed by atoms with Crippen LogP contribution in [0.1, 0.15) is 37.5 Å². The van der Waals surface area contributed by atoms with E-state index in [-0.39, 0.29) is 11.4 Å². The van der Waals surface area contributed by atoms with Crippen LogP contribution in [0.5, 0.6) is 11.5 Å². The van der Waals surface area contributed by atoms with E-state index in [1.165, 1.54) is 17.7 Å². The van der Waals surface area contributed by atoms with Crippen molar-refractivity contribution in [3.05, 3.63) is 83.2 Å². The number of nitrogens with one attached hydrogen (secondary N) is 1. The lowest BCUT2D eigenvalue weighted by atomic mass is 9.85. The summed E-state index contributed by atoms with van der Waals surface area (Å²) in [6.07, 6.45) is 2.23. The Labute approximate surface area is 183 Å². The molecular weight excluding hydrogens is 389 g/mol. The van der Waals surface area contributed by atoms with Crippen LogP contribution in [0.25, 0.3) is 16.7 Å². The fourth-order valence-electron chi connectivity index (χ4n) is 4.36. The summed E-state index contributed by atoms with van der Waals surface area (Å²) in [5.41, 5.74) is 7.17. The molecule has 0 bridgehead atoms. The molecule has 3 aromatic rings. The molecule has 1 N–H and O–H groups in total. The maximum atomic E-state index is 13.9. The molecule has 0 aliphatic carbocycles. The zero-order valence-corrected chi connectivity index (χ0v) is 18.7. The second-order valence-corrected chi connectivity index (χ2v) is 8.59. The average Bonchev–Trinajstić information content (AvgIpc) is 2.72. The van der Waals surface area contributed by atoms with Crippen LogP contribution in [-0.4, -0.2) is 12.6 Å². The highest BCUT2D eigenvalue weighted by atomic mass is 19.1. The number of hydrogen-bond donors (Lipinski definition) is 1. The Hall–Kier alpha value is -3.27. The molecule has 0 amide bonds. The molecule has 0 radical (unpaired) electrons. The highest BCUT2D eigenvalue weighted by molar-refractivity contribution is 5.88. The number of para-hydroxylation sites is 1. The molecular formula is C27H28FNO2. The molecule has 0 fully saturated rings. The third-order valence-corrected chi connectivity index (χ3v) is 5.66. The van der Waals surface area contributed by atoms with Gasteiger partial charge in [0.2, 0.25) is 0 Å². The van der Waals surface area contributed by atoms with Crippen LogP contribution in [0.4, 0.5) is 10.1 Å². The van der Waals surface area contributed by atoms with Gasteiger partial charge in [-0.3, -0.25) is 0 Å². The number of ether oxygens (including phenoxy) is 2. The zero-order chi connectivity index (χ0) is 22.2. The van der Waals surface area contributed by atoms with Gasteiger partial charge < -0.3 is 14.8 Å². The SMILES string of the molecule is COc1cc(F)ccc1-c1ccc2c(c1COc1ccccc1C)C(C)=CC(C)(C)N2. The van der Waals surface area contributed by atoms with Crippen LogP contribution >= 0.6 is 0 Å². The van der Waals surface area contributed by atoms with Crippen LogP contribution in [0.3, 0.4) is 0 Å². The Morgan fingerprint density at radius 1 is 0.935 bits per heavy atom. The van der Waals surface area contributed by atoms with Crippen LogP contribution in [0.2, 0.25) is 0 Å². The first-order valence-electron chi connectivity index (χ1n) is 10.5. The molecule has 0 atom stereocenters. The second kappa shape index (κ2) is 8.10. The van der Waals surface area contributed by atoms with Gasteiger partial charge in [-0.1, -0.05) is 30.3 Å². The molecule has 4 heteroatoms. The molecule has 1 heterocycles. The number of hydrogen-bond acceptors (Lipinski definition) is 3. The van der Waals surface area contributed by atoms with Gasteiger partial charge in [0.15, 0.2) is 0 Å². The molecule has 1 aliphatic heterocycles. The maximum Gasteiger partial charge on any atom is 0.129 e. The quantitative estimate of drug-likeness (QED) is 0.485. The van der Waals surface area contributed by atoms with E-state index in [0.717, 1.165) is 39.3 Å². The van der Waals surface area contributed by atoms with Crippen molar-refractivity contribution in [2.45, 2.75) is 39.8 Å². The molecule has 0 saturated heterocycles. The lowest BCUT2D eigenvalue weighted by Gasteiger charge is -2.33. The Balaban J connectivity index is 1.88. The van der Waals surface area contributed by atoms with Crippen molar-refractivity contribution in [1.82, 2.24) is 0 Å². The van der Waals surface area contributed by atoms with Crippen LogP contribution in [0, 0.1) is 12.7 Å². The van der Waals surface area contributed by atoms with Gasteiger partial charge in [0.05, 0.1) is 12.6 Å². The third kappa shape index (κ3) is 4.15. The van der Waals surface area contributed by atoms with Crippen molar-refractivity contribution in [3.8, 4) is 22.6 Å². The molecule has 31 heavy (non-hydrogen) atoms. The van der Waals surface area contributed by atoms with E-state index in [1.807, 2.05) is 31.2 Å². The topological polar surface area (TPSA) is 30.5 Å². The minimum absolute atomic E-state index is 0.139. The van der Waals surface area contributed by atoms with E-state index in [1.54, 1.807) is 13.2 Å². The Morgan fingerprint density at radius 2 is 1.68 bits per heavy atom. The van der Waals surface area contributed by atoms with Gasteiger partial charge >= 0.3 is 0 Å². The third-order valence-electron chi connectivity index (χ3n) is 5.66. The fraction of sp³-hybridized carbons (Fsp3) is 0.259. The van der Waals surface area contributed by atoms with Crippen LogP contribution in [-0.2, 0) is 6.61 Å². The number of rotatable bonds is 5. The number of fused-ring (bicyclic) bond motifs is 1. The lowest BCUT2D eigenvalue weighted by molar-refractivity contribution is 0.304. The van der Waals surface area contributed by atoms with Gasteiger partial charge in [0.1, 0.15) is 23.9 Å². The molecule has 0 aromatic heterocycles. The molecule has 160 valence electrons. The summed E-state index contributed by atoms with van der Waals surface area (Å²) >= 11 is 0. The normalized spacial score (nSPS) is 14.3. The second-order valence-electron chi connectivity index (χ2n) is 8.59. The summed E-state index contributed by atoms with van der Waals surface area (Å²) in [7, 11) is 1.56. The van der Waals surface area contributed by atoms with Crippen LogP contribution < -0.4 is 14.8 Å². The number of aryl methyl sites for hydroxylation is 1. The highest BCUT2D eigenvalue weighted by Gasteiger charge is 2.27. The monoisotopic (exact) mass is 417 g/mol. The van der Waals surface area contributed by atoms with E-state index in [4.69, 9.17) is 9.47 Å². The summed E-state index contributed by atoms with van der Waals surface area (Å²) in [5.74, 6) is 1.03. The predicted octanol–water partition coefficient (Wildman–Crippen LogP) is 7.00. The van der Waals surface area contributed by atoms with Crippen molar-refractivity contribution in [3.63, 3.8) is 0 Å². The zero-order valence-electron chi connectivity index (χ0n) is 18.7. The van der Waals surface area contributed by atoms with Crippen molar-refractivity contribution < 1.29 is 13.9 Å². The summed E-state index contributed by atoms with van der Waals surface area (Å²) in [4.78, 5) is 0. The van der Waals surface area contributed by atoms with E-state index in [9.17, 15) is 4.39 Å². The number of halogens is 1. The molecule has 0 spiro atoms. The smallest absolute Gasteiger partial charge is 0.129 e. The molecule has 3 aromatic carbocycles. The molecule has 3 nitrogen and oxygen atoms in total. The maximum absolute atomic E-state index is 13.9. The van der Waals surface area contributed by atoms with Gasteiger partial charge in [-0.05, 0) is 68.7 Å². The van der Waals surface area contributed by atoms with E-state index >= 15 is 0 Å². The Bertz CT molecular complexity index is 1160. The fourth-order valence-corrected chi connectivity index (χ4v) is 4.36. The highest BCUT2D eigenvalue weighted by Crippen LogP contribution is 2.42. The van der Waals surface area contributed by atoms with Gasteiger partial charge in [0.25, 0.3) is 0 Å². The summed E-state index contributed by atoms with van der Waals surface area (Å²) in [5, 5.41) is 3.61. The minimum atomic E-state index is -0.323. The van der Waals surface area contributed by atoms with Crippen molar-refractivity contribution in [2.24, 2.45) is 0 Å². The number of anilines is 1. The van der Waals surface area contributed by atoms with Crippen molar-refractivity contribution >= 4 is 11.3 Å². The number of methoxy groups -OCH3 is 1.